The van der Waals surface area contributed by atoms with Crippen LogP contribution in [0.1, 0.15) is 42.9 Å². The van der Waals surface area contributed by atoms with Gasteiger partial charge in [0.1, 0.15) is 6.04 Å². The predicted octanol–water partition coefficient (Wildman–Crippen LogP) is 7.17. The average molecular weight is 558 g/mol. The van der Waals surface area contributed by atoms with Crippen molar-refractivity contribution < 1.29 is 9.59 Å². The first-order valence-corrected chi connectivity index (χ1v) is 14.6. The van der Waals surface area contributed by atoms with Crippen molar-refractivity contribution in [2.45, 2.75) is 50.9 Å². The van der Waals surface area contributed by atoms with Crippen molar-refractivity contribution in [2.24, 2.45) is 0 Å². The fourth-order valence-electron chi connectivity index (χ4n) is 3.98. The summed E-state index contributed by atoms with van der Waals surface area (Å²) in [5, 5.41) is 4.00. The highest BCUT2D eigenvalue weighted by Gasteiger charge is 2.31. The van der Waals surface area contributed by atoms with Gasteiger partial charge in [-0.2, -0.15) is 11.8 Å². The topological polar surface area (TPSA) is 49.4 Å². The van der Waals surface area contributed by atoms with Crippen molar-refractivity contribution in [1.82, 2.24) is 10.2 Å². The first kappa shape index (κ1) is 29.1. The Morgan fingerprint density at radius 3 is 2.14 bits per heavy atom. The first-order chi connectivity index (χ1) is 18.0. The number of hydrogen-bond donors (Lipinski definition) is 1. The van der Waals surface area contributed by atoms with Gasteiger partial charge in [-0.15, -0.1) is 0 Å². The first-order valence-electron chi connectivity index (χ1n) is 12.6. The number of carbonyl (C=O) groups excluding carboxylic acids is 2. The number of amides is 2. The van der Waals surface area contributed by atoms with E-state index in [1.54, 1.807) is 34.9 Å². The van der Waals surface area contributed by atoms with Crippen molar-refractivity contribution in [3.8, 4) is 0 Å². The lowest BCUT2D eigenvalue weighted by molar-refractivity contribution is -0.141. The highest BCUT2D eigenvalue weighted by atomic mass is 35.5. The Balaban J connectivity index is 1.83. The Kier molecular flexibility index (Phi) is 12.3. The zero-order valence-corrected chi connectivity index (χ0v) is 23.5. The fraction of sp³-hybridized carbons (Fsp3) is 0.333. The largest absolute Gasteiger partial charge is 0.354 e. The third-order valence-electron chi connectivity index (χ3n) is 6.06. The van der Waals surface area contributed by atoms with E-state index in [9.17, 15) is 9.59 Å². The highest BCUT2D eigenvalue weighted by Crippen LogP contribution is 2.28. The Morgan fingerprint density at radius 2 is 1.51 bits per heavy atom. The van der Waals surface area contributed by atoms with E-state index in [1.807, 2.05) is 48.5 Å². The number of benzene rings is 3. The number of hydrogen-bond acceptors (Lipinski definition) is 3. The summed E-state index contributed by atoms with van der Waals surface area (Å²) in [5.74, 6) is 1.22. The van der Waals surface area contributed by atoms with Gasteiger partial charge in [-0.3, -0.25) is 9.59 Å². The maximum absolute atomic E-state index is 13.7. The van der Waals surface area contributed by atoms with Crippen LogP contribution in [0.2, 0.25) is 10.0 Å². The molecule has 0 spiro atoms. The van der Waals surface area contributed by atoms with Crippen molar-refractivity contribution in [3.63, 3.8) is 0 Å². The minimum absolute atomic E-state index is 0.0943. The molecule has 0 aliphatic heterocycles. The van der Waals surface area contributed by atoms with E-state index in [0.717, 1.165) is 24.2 Å². The molecule has 37 heavy (non-hydrogen) atoms. The molecule has 0 saturated heterocycles. The van der Waals surface area contributed by atoms with Crippen molar-refractivity contribution in [1.29, 1.82) is 0 Å². The molecule has 2 amide bonds. The maximum atomic E-state index is 13.7. The normalized spacial score (nSPS) is 11.6. The molecule has 0 heterocycles. The van der Waals surface area contributed by atoms with Crippen LogP contribution in [0, 0.1) is 0 Å². The highest BCUT2D eigenvalue weighted by molar-refractivity contribution is 7.98. The summed E-state index contributed by atoms with van der Waals surface area (Å²) in [5.41, 5.74) is 2.85. The number of nitrogens with one attached hydrogen (secondary N) is 1. The molecule has 3 aromatic rings. The Bertz CT molecular complexity index is 1110. The molecular weight excluding hydrogens is 523 g/mol. The summed E-state index contributed by atoms with van der Waals surface area (Å²) < 4.78 is 0. The molecule has 0 aromatic heterocycles. The van der Waals surface area contributed by atoms with Crippen molar-refractivity contribution in [3.05, 3.63) is 106 Å². The lowest BCUT2D eigenvalue weighted by Crippen LogP contribution is -2.50. The minimum Gasteiger partial charge on any atom is -0.354 e. The Hall–Kier alpha value is -2.47. The van der Waals surface area contributed by atoms with E-state index in [-0.39, 0.29) is 18.4 Å². The van der Waals surface area contributed by atoms with Crippen LogP contribution in [0.3, 0.4) is 0 Å². The van der Waals surface area contributed by atoms with Gasteiger partial charge in [0.25, 0.3) is 0 Å². The van der Waals surface area contributed by atoms with Crippen LogP contribution in [-0.4, -0.2) is 35.1 Å². The number of thioether (sulfide) groups is 1. The van der Waals surface area contributed by atoms with E-state index < -0.39 is 6.04 Å². The second-order valence-electron chi connectivity index (χ2n) is 8.86. The zero-order valence-electron chi connectivity index (χ0n) is 21.2. The van der Waals surface area contributed by atoms with Crippen LogP contribution < -0.4 is 5.32 Å². The van der Waals surface area contributed by atoms with Gasteiger partial charge in [-0.25, -0.2) is 0 Å². The van der Waals surface area contributed by atoms with Gasteiger partial charge in [-0.1, -0.05) is 103 Å². The molecule has 4 nitrogen and oxygen atoms in total. The van der Waals surface area contributed by atoms with Crippen LogP contribution in [0.15, 0.2) is 78.9 Å². The molecular formula is C30H34Cl2N2O2S. The van der Waals surface area contributed by atoms with Gasteiger partial charge < -0.3 is 10.2 Å². The SMILES string of the molecule is CCCCNC(=O)C(Cc1ccccc1)N(Cc1c(Cl)cccc1Cl)C(=O)CCSCc1ccccc1. The van der Waals surface area contributed by atoms with Gasteiger partial charge in [0.15, 0.2) is 0 Å². The van der Waals surface area contributed by atoms with Crippen LogP contribution >= 0.6 is 35.0 Å². The summed E-state index contributed by atoms with van der Waals surface area (Å²) >= 11 is 14.7. The molecule has 0 radical (unpaired) electrons. The zero-order chi connectivity index (χ0) is 26.5. The quantitative estimate of drug-likeness (QED) is 0.214. The Labute approximate surface area is 234 Å². The van der Waals surface area contributed by atoms with Crippen LogP contribution in [0.25, 0.3) is 0 Å². The molecule has 1 atom stereocenters. The summed E-state index contributed by atoms with van der Waals surface area (Å²) in [7, 11) is 0. The van der Waals surface area contributed by atoms with Crippen LogP contribution in [-0.2, 0) is 28.3 Å². The monoisotopic (exact) mass is 556 g/mol. The second-order valence-corrected chi connectivity index (χ2v) is 10.8. The molecule has 3 rings (SSSR count). The van der Waals surface area contributed by atoms with Gasteiger partial charge in [-0.05, 0) is 29.7 Å². The van der Waals surface area contributed by atoms with Gasteiger partial charge >= 0.3 is 0 Å². The molecule has 1 N–H and O–H groups in total. The number of carbonyl (C=O) groups is 2. The van der Waals surface area contributed by atoms with Crippen LogP contribution in [0.5, 0.6) is 0 Å². The average Bonchev–Trinajstić information content (AvgIpc) is 2.91. The van der Waals surface area contributed by atoms with E-state index in [2.05, 4.69) is 24.4 Å². The molecule has 0 saturated carbocycles. The Morgan fingerprint density at radius 1 is 0.892 bits per heavy atom. The summed E-state index contributed by atoms with van der Waals surface area (Å²) in [6.45, 7) is 2.82. The van der Waals surface area contributed by atoms with E-state index in [4.69, 9.17) is 23.2 Å². The molecule has 0 fully saturated rings. The van der Waals surface area contributed by atoms with E-state index >= 15 is 0 Å². The summed E-state index contributed by atoms with van der Waals surface area (Å²) in [4.78, 5) is 28.8. The number of unbranched alkanes of at least 4 members (excludes halogenated alkanes) is 1. The van der Waals surface area contributed by atoms with Gasteiger partial charge in [0.2, 0.25) is 11.8 Å². The molecule has 0 aliphatic rings. The third-order valence-corrected chi connectivity index (χ3v) is 7.80. The summed E-state index contributed by atoms with van der Waals surface area (Å²) in [6.07, 6.45) is 2.57. The third kappa shape index (κ3) is 9.41. The molecule has 7 heteroatoms. The number of nitrogens with zero attached hydrogens (tertiary/aromatic N) is 1. The number of halogens is 2. The summed E-state index contributed by atoms with van der Waals surface area (Å²) in [6, 6.07) is 24.6. The standard InChI is InChI=1S/C30H34Cl2N2O2S/c1-2-3-18-33-30(36)28(20-23-11-6-4-7-12-23)34(21-25-26(31)15-10-16-27(25)32)29(35)17-19-37-22-24-13-8-5-9-14-24/h4-16,28H,2-3,17-22H2,1H3,(H,33,36). The van der Waals surface area contributed by atoms with Gasteiger partial charge in [0, 0.05) is 53.0 Å². The molecule has 0 aliphatic carbocycles. The lowest BCUT2D eigenvalue weighted by Gasteiger charge is -2.32. The van der Waals surface area contributed by atoms with E-state index in [0.29, 0.717) is 40.7 Å². The van der Waals surface area contributed by atoms with E-state index in [1.165, 1.54) is 5.56 Å². The second kappa shape index (κ2) is 15.7. The minimum atomic E-state index is -0.682. The predicted molar refractivity (Wildman–Crippen MR) is 156 cm³/mol. The van der Waals surface area contributed by atoms with Crippen molar-refractivity contribution >= 4 is 46.8 Å². The lowest BCUT2D eigenvalue weighted by atomic mass is 10.0. The van der Waals surface area contributed by atoms with Crippen molar-refractivity contribution in [2.75, 3.05) is 12.3 Å². The molecule has 1 unspecified atom stereocenters. The number of rotatable bonds is 14. The molecule has 196 valence electrons. The van der Waals surface area contributed by atoms with Crippen LogP contribution in [0.4, 0.5) is 0 Å². The maximum Gasteiger partial charge on any atom is 0.243 e. The smallest absolute Gasteiger partial charge is 0.243 e. The molecule has 3 aromatic carbocycles. The molecule has 0 bridgehead atoms. The van der Waals surface area contributed by atoms with Gasteiger partial charge in [0.05, 0.1) is 0 Å². The fourth-order valence-corrected chi connectivity index (χ4v) is 5.39.